The second-order valence-electron chi connectivity index (χ2n) is 7.12. The zero-order chi connectivity index (χ0) is 20.5. The van der Waals surface area contributed by atoms with Gasteiger partial charge in [-0.1, -0.05) is 36.4 Å². The maximum atomic E-state index is 12.6. The molecule has 1 N–H and O–H groups in total. The maximum Gasteiger partial charge on any atom is 0.264 e. The number of aryl methyl sites for hydroxylation is 1. The van der Waals surface area contributed by atoms with E-state index in [2.05, 4.69) is 53.5 Å². The molecule has 4 nitrogen and oxygen atoms in total. The summed E-state index contributed by atoms with van der Waals surface area (Å²) in [7, 11) is 0. The van der Waals surface area contributed by atoms with Crippen LogP contribution in [0.4, 0.5) is 5.69 Å². The number of rotatable bonds is 4. The number of carbonyl (C=O) groups is 1. The van der Waals surface area contributed by atoms with E-state index in [9.17, 15) is 4.79 Å². The molecule has 1 aromatic heterocycles. The summed E-state index contributed by atoms with van der Waals surface area (Å²) in [6.45, 7) is 10.8. The van der Waals surface area contributed by atoms with Gasteiger partial charge in [0.05, 0.1) is 10.6 Å². The third kappa shape index (κ3) is 3.54. The van der Waals surface area contributed by atoms with Crippen LogP contribution in [0.3, 0.4) is 0 Å². The van der Waals surface area contributed by atoms with Crippen molar-refractivity contribution in [2.24, 2.45) is 4.99 Å². The van der Waals surface area contributed by atoms with Crippen molar-refractivity contribution in [2.75, 3.05) is 0 Å². The van der Waals surface area contributed by atoms with Gasteiger partial charge in [0.15, 0.2) is 5.17 Å². The van der Waals surface area contributed by atoms with Gasteiger partial charge in [0, 0.05) is 28.7 Å². The first-order chi connectivity index (χ1) is 14.0. The molecule has 4 rings (SSSR count). The Bertz CT molecular complexity index is 1200. The summed E-state index contributed by atoms with van der Waals surface area (Å²) in [5, 5.41) is 4.65. The minimum atomic E-state index is -0.112. The fourth-order valence-corrected chi connectivity index (χ4v) is 4.40. The van der Waals surface area contributed by atoms with Crippen molar-refractivity contribution in [3.8, 4) is 0 Å². The van der Waals surface area contributed by atoms with E-state index in [4.69, 9.17) is 0 Å². The number of amidine groups is 1. The molecule has 0 radical (unpaired) electrons. The number of para-hydroxylation sites is 1. The predicted molar refractivity (Wildman–Crippen MR) is 124 cm³/mol. The molecule has 1 fully saturated rings. The largest absolute Gasteiger partial charge is 0.340 e. The molecule has 1 amide bonds. The number of benzene rings is 2. The Morgan fingerprint density at radius 1 is 1.14 bits per heavy atom. The molecule has 1 aliphatic heterocycles. The lowest BCUT2D eigenvalue weighted by Gasteiger charge is -2.04. The molecule has 0 bridgehead atoms. The molecule has 2 aromatic carbocycles. The lowest BCUT2D eigenvalue weighted by atomic mass is 10.1. The molecule has 1 saturated heterocycles. The molecule has 1 aliphatic rings. The Kier molecular flexibility index (Phi) is 5.16. The number of nitrogens with one attached hydrogen (secondary N) is 1. The van der Waals surface area contributed by atoms with Gasteiger partial charge in [-0.05, 0) is 61.9 Å². The van der Waals surface area contributed by atoms with Crippen LogP contribution in [0.2, 0.25) is 0 Å². The summed E-state index contributed by atoms with van der Waals surface area (Å²) < 4.78 is 2.22. The van der Waals surface area contributed by atoms with Crippen LogP contribution in [0.5, 0.6) is 0 Å². The van der Waals surface area contributed by atoms with E-state index in [0.717, 1.165) is 40.0 Å². The van der Waals surface area contributed by atoms with Gasteiger partial charge in [-0.3, -0.25) is 4.79 Å². The molecule has 3 aromatic rings. The molecular formula is C24H23N3OS. The minimum absolute atomic E-state index is 0.112. The molecule has 5 heteroatoms. The van der Waals surface area contributed by atoms with Crippen LogP contribution in [0.15, 0.2) is 65.0 Å². The average molecular weight is 402 g/mol. The fraction of sp³-hybridized carbons (Fsp3) is 0.167. The quantitative estimate of drug-likeness (QED) is 0.454. The Morgan fingerprint density at radius 2 is 1.93 bits per heavy atom. The van der Waals surface area contributed by atoms with Crippen LogP contribution >= 0.6 is 11.8 Å². The number of carbonyl (C=O) groups excluding carboxylic acids is 1. The SMILES string of the molecule is C=CCn1c(C)c(/C=C2\SC(=Nc3cccc(C)c3C)NC2=O)c2ccccc21. The predicted octanol–water partition coefficient (Wildman–Crippen LogP) is 5.64. The van der Waals surface area contributed by atoms with Crippen molar-refractivity contribution < 1.29 is 4.79 Å². The highest BCUT2D eigenvalue weighted by atomic mass is 32.2. The van der Waals surface area contributed by atoms with Crippen molar-refractivity contribution in [1.29, 1.82) is 0 Å². The smallest absolute Gasteiger partial charge is 0.264 e. The summed E-state index contributed by atoms with van der Waals surface area (Å²) in [5.74, 6) is -0.112. The van der Waals surface area contributed by atoms with Gasteiger partial charge in [0.25, 0.3) is 5.91 Å². The highest BCUT2D eigenvalue weighted by molar-refractivity contribution is 8.18. The number of thioether (sulfide) groups is 1. The van der Waals surface area contributed by atoms with Gasteiger partial charge in [-0.2, -0.15) is 0 Å². The van der Waals surface area contributed by atoms with Gasteiger partial charge in [0.2, 0.25) is 0 Å². The van der Waals surface area contributed by atoms with Crippen LogP contribution in [-0.4, -0.2) is 15.6 Å². The normalized spacial score (nSPS) is 16.7. The third-order valence-electron chi connectivity index (χ3n) is 5.32. The highest BCUT2D eigenvalue weighted by Crippen LogP contribution is 2.33. The number of fused-ring (bicyclic) bond motifs is 1. The van der Waals surface area contributed by atoms with Crippen molar-refractivity contribution >= 4 is 45.5 Å². The van der Waals surface area contributed by atoms with E-state index in [1.54, 1.807) is 0 Å². The van der Waals surface area contributed by atoms with Gasteiger partial charge in [-0.25, -0.2) is 4.99 Å². The minimum Gasteiger partial charge on any atom is -0.340 e. The average Bonchev–Trinajstić information content (AvgIpc) is 3.18. The number of aromatic nitrogens is 1. The number of hydrogen-bond donors (Lipinski definition) is 1. The molecule has 0 unspecified atom stereocenters. The number of hydrogen-bond acceptors (Lipinski definition) is 3. The molecule has 146 valence electrons. The summed E-state index contributed by atoms with van der Waals surface area (Å²) >= 11 is 1.38. The number of allylic oxidation sites excluding steroid dienone is 1. The molecule has 0 spiro atoms. The Labute approximate surface area is 175 Å². The van der Waals surface area contributed by atoms with Crippen LogP contribution in [0.25, 0.3) is 17.0 Å². The number of nitrogens with zero attached hydrogens (tertiary/aromatic N) is 2. The fourth-order valence-electron chi connectivity index (χ4n) is 3.58. The topological polar surface area (TPSA) is 46.4 Å². The number of amides is 1. The van der Waals surface area contributed by atoms with E-state index in [1.807, 2.05) is 43.3 Å². The maximum absolute atomic E-state index is 12.6. The molecule has 29 heavy (non-hydrogen) atoms. The number of aliphatic imine (C=N–C) groups is 1. The Hall–Kier alpha value is -3.05. The van der Waals surface area contributed by atoms with Gasteiger partial charge in [0.1, 0.15) is 0 Å². The van der Waals surface area contributed by atoms with Gasteiger partial charge < -0.3 is 9.88 Å². The molecular weight excluding hydrogens is 378 g/mol. The molecule has 0 aliphatic carbocycles. The van der Waals surface area contributed by atoms with Gasteiger partial charge >= 0.3 is 0 Å². The van der Waals surface area contributed by atoms with E-state index in [-0.39, 0.29) is 5.91 Å². The second-order valence-corrected chi connectivity index (χ2v) is 8.15. The molecule has 2 heterocycles. The van der Waals surface area contributed by atoms with E-state index < -0.39 is 0 Å². The van der Waals surface area contributed by atoms with Crippen molar-refractivity contribution in [2.45, 2.75) is 27.3 Å². The summed E-state index contributed by atoms with van der Waals surface area (Å²) in [4.78, 5) is 17.9. The first kappa shape index (κ1) is 19.3. The zero-order valence-electron chi connectivity index (χ0n) is 16.8. The first-order valence-electron chi connectivity index (χ1n) is 9.54. The monoisotopic (exact) mass is 401 g/mol. The zero-order valence-corrected chi connectivity index (χ0v) is 17.6. The first-order valence-corrected chi connectivity index (χ1v) is 10.4. The van der Waals surface area contributed by atoms with Crippen LogP contribution < -0.4 is 5.32 Å². The van der Waals surface area contributed by atoms with Crippen LogP contribution in [0, 0.1) is 20.8 Å². The van der Waals surface area contributed by atoms with E-state index in [0.29, 0.717) is 10.1 Å². The summed E-state index contributed by atoms with van der Waals surface area (Å²) in [6.07, 6.45) is 3.87. The highest BCUT2D eigenvalue weighted by Gasteiger charge is 2.25. The van der Waals surface area contributed by atoms with Gasteiger partial charge in [-0.15, -0.1) is 6.58 Å². The van der Waals surface area contributed by atoms with Crippen LogP contribution in [-0.2, 0) is 11.3 Å². The Morgan fingerprint density at radius 3 is 2.72 bits per heavy atom. The lowest BCUT2D eigenvalue weighted by Crippen LogP contribution is -2.19. The lowest BCUT2D eigenvalue weighted by molar-refractivity contribution is -0.115. The van der Waals surface area contributed by atoms with Crippen LogP contribution in [0.1, 0.15) is 22.4 Å². The van der Waals surface area contributed by atoms with Crippen molar-refractivity contribution in [1.82, 2.24) is 9.88 Å². The summed E-state index contributed by atoms with van der Waals surface area (Å²) in [5.41, 5.74) is 6.51. The molecule has 0 atom stereocenters. The third-order valence-corrected chi connectivity index (χ3v) is 6.23. The van der Waals surface area contributed by atoms with E-state index >= 15 is 0 Å². The van der Waals surface area contributed by atoms with Crippen molar-refractivity contribution in [3.63, 3.8) is 0 Å². The standard InChI is InChI=1S/C24H23N3OS/c1-5-13-27-17(4)19(18-10-6-7-12-21(18)27)14-22-23(28)26-24(29-22)25-20-11-8-9-15(2)16(20)3/h5-12,14H,1,13H2,2-4H3,(H,25,26,28)/b22-14-. The van der Waals surface area contributed by atoms with Crippen molar-refractivity contribution in [3.05, 3.63) is 82.4 Å². The molecule has 0 saturated carbocycles. The Balaban J connectivity index is 1.74. The second kappa shape index (κ2) is 7.76. The summed E-state index contributed by atoms with van der Waals surface area (Å²) in [6, 6.07) is 14.3. The van der Waals surface area contributed by atoms with E-state index in [1.165, 1.54) is 17.3 Å².